The number of fused-ring (bicyclic) bond motifs is 1. The molecule has 0 aromatic heterocycles. The lowest BCUT2D eigenvalue weighted by molar-refractivity contribution is -0.118. The standard InChI is InChI=1S/C25H26N2O/c28-25(17-16-21-11-8-10-20-9-4-5-15-24(20)21)27(22-12-2-1-3-13-22)23-14-6-7-18-26-19-23/h1-6,9,12-15,18-19,21H,7-8,10-11,16-17H2. The fraction of sp³-hybridized carbons (Fsp3) is 0.280. The van der Waals surface area contributed by atoms with E-state index >= 15 is 0 Å². The normalized spacial score (nSPS) is 18.1. The van der Waals surface area contributed by atoms with Gasteiger partial charge in [0.15, 0.2) is 0 Å². The van der Waals surface area contributed by atoms with E-state index in [1.807, 2.05) is 53.6 Å². The fourth-order valence-corrected chi connectivity index (χ4v) is 4.19. The first-order valence-corrected chi connectivity index (χ1v) is 10.2. The zero-order chi connectivity index (χ0) is 19.2. The minimum Gasteiger partial charge on any atom is -0.280 e. The van der Waals surface area contributed by atoms with Gasteiger partial charge < -0.3 is 0 Å². The van der Waals surface area contributed by atoms with Gasteiger partial charge in [0.2, 0.25) is 5.91 Å². The summed E-state index contributed by atoms with van der Waals surface area (Å²) in [5.74, 6) is 0.602. The maximum absolute atomic E-state index is 13.3. The third-order valence-electron chi connectivity index (χ3n) is 5.56. The molecule has 2 aliphatic rings. The van der Waals surface area contributed by atoms with Crippen molar-refractivity contribution in [3.8, 4) is 0 Å². The second-order valence-electron chi connectivity index (χ2n) is 7.42. The van der Waals surface area contributed by atoms with E-state index in [4.69, 9.17) is 0 Å². The Balaban J connectivity index is 1.54. The number of carbonyl (C=O) groups is 1. The lowest BCUT2D eigenvalue weighted by atomic mass is 9.80. The average Bonchev–Trinajstić information content (AvgIpc) is 3.02. The molecule has 142 valence electrons. The van der Waals surface area contributed by atoms with Gasteiger partial charge >= 0.3 is 0 Å². The molecule has 1 heterocycles. The summed E-state index contributed by atoms with van der Waals surface area (Å²) in [4.78, 5) is 19.4. The number of rotatable bonds is 5. The van der Waals surface area contributed by atoms with E-state index < -0.39 is 0 Å². The van der Waals surface area contributed by atoms with Crippen LogP contribution in [0.3, 0.4) is 0 Å². The lowest BCUT2D eigenvalue weighted by Crippen LogP contribution is -2.29. The monoisotopic (exact) mass is 370 g/mol. The van der Waals surface area contributed by atoms with Crippen molar-refractivity contribution in [2.24, 2.45) is 4.99 Å². The SMILES string of the molecule is O=C(CCC1CCCc2ccccc21)N(C1=CN=CCC=C1)c1ccccc1. The van der Waals surface area contributed by atoms with Gasteiger partial charge in [0.25, 0.3) is 0 Å². The molecule has 28 heavy (non-hydrogen) atoms. The smallest absolute Gasteiger partial charge is 0.231 e. The minimum atomic E-state index is 0.127. The number of aryl methyl sites for hydroxylation is 1. The number of nitrogens with zero attached hydrogens (tertiary/aromatic N) is 2. The second-order valence-corrected chi connectivity index (χ2v) is 7.42. The van der Waals surface area contributed by atoms with Gasteiger partial charge in [0.1, 0.15) is 0 Å². The van der Waals surface area contributed by atoms with Crippen LogP contribution < -0.4 is 4.90 Å². The van der Waals surface area contributed by atoms with Gasteiger partial charge in [-0.2, -0.15) is 0 Å². The van der Waals surface area contributed by atoms with Crippen LogP contribution in [0.1, 0.15) is 49.1 Å². The van der Waals surface area contributed by atoms with E-state index in [1.165, 1.54) is 24.0 Å². The molecule has 1 unspecified atom stereocenters. The number of carbonyl (C=O) groups excluding carboxylic acids is 1. The number of aliphatic imine (C=N–C) groups is 1. The predicted octanol–water partition coefficient (Wildman–Crippen LogP) is 5.79. The largest absolute Gasteiger partial charge is 0.280 e. The molecule has 1 atom stereocenters. The summed E-state index contributed by atoms with van der Waals surface area (Å²) >= 11 is 0. The number of hydrogen-bond donors (Lipinski definition) is 0. The number of para-hydroxylation sites is 1. The quantitative estimate of drug-likeness (QED) is 0.655. The van der Waals surface area contributed by atoms with Gasteiger partial charge in [0, 0.05) is 24.7 Å². The second kappa shape index (κ2) is 8.83. The van der Waals surface area contributed by atoms with Crippen molar-refractivity contribution in [2.75, 3.05) is 4.90 Å². The molecule has 0 fully saturated rings. The summed E-state index contributed by atoms with van der Waals surface area (Å²) in [6, 6.07) is 18.6. The first-order chi connectivity index (χ1) is 13.8. The van der Waals surface area contributed by atoms with Crippen LogP contribution in [0.5, 0.6) is 0 Å². The fourth-order valence-electron chi connectivity index (χ4n) is 4.19. The molecular weight excluding hydrogens is 344 g/mol. The molecule has 0 bridgehead atoms. The van der Waals surface area contributed by atoms with Crippen molar-refractivity contribution in [3.63, 3.8) is 0 Å². The van der Waals surface area contributed by atoms with Crippen molar-refractivity contribution in [1.82, 2.24) is 0 Å². The lowest BCUT2D eigenvalue weighted by Gasteiger charge is -2.27. The van der Waals surface area contributed by atoms with Crippen LogP contribution >= 0.6 is 0 Å². The van der Waals surface area contributed by atoms with Crippen molar-refractivity contribution in [1.29, 1.82) is 0 Å². The van der Waals surface area contributed by atoms with E-state index in [-0.39, 0.29) is 5.91 Å². The van der Waals surface area contributed by atoms with Gasteiger partial charge in [-0.3, -0.25) is 14.7 Å². The highest BCUT2D eigenvalue weighted by Crippen LogP contribution is 2.35. The molecule has 3 heteroatoms. The Morgan fingerprint density at radius 2 is 1.89 bits per heavy atom. The Bertz CT molecular complexity index is 911. The zero-order valence-corrected chi connectivity index (χ0v) is 16.1. The van der Waals surface area contributed by atoms with Crippen LogP contribution in [0.4, 0.5) is 5.69 Å². The Morgan fingerprint density at radius 3 is 2.79 bits per heavy atom. The van der Waals surface area contributed by atoms with E-state index in [9.17, 15) is 4.79 Å². The molecule has 0 spiro atoms. The van der Waals surface area contributed by atoms with Crippen molar-refractivity contribution in [3.05, 3.63) is 89.8 Å². The molecule has 4 rings (SSSR count). The predicted molar refractivity (Wildman–Crippen MR) is 116 cm³/mol. The molecule has 0 saturated carbocycles. The van der Waals surface area contributed by atoms with Crippen LogP contribution in [0.15, 0.2) is 83.6 Å². The molecule has 1 aliphatic heterocycles. The highest BCUT2D eigenvalue weighted by atomic mass is 16.2. The number of benzene rings is 2. The van der Waals surface area contributed by atoms with Gasteiger partial charge in [-0.25, -0.2) is 0 Å². The summed E-state index contributed by atoms with van der Waals surface area (Å²) < 4.78 is 0. The third-order valence-corrected chi connectivity index (χ3v) is 5.56. The molecule has 3 nitrogen and oxygen atoms in total. The summed E-state index contributed by atoms with van der Waals surface area (Å²) in [5, 5.41) is 0. The van der Waals surface area contributed by atoms with Gasteiger partial charge in [-0.05, 0) is 60.9 Å². The molecule has 2 aromatic carbocycles. The first-order valence-electron chi connectivity index (χ1n) is 10.2. The van der Waals surface area contributed by atoms with Gasteiger partial charge in [-0.1, -0.05) is 48.5 Å². The summed E-state index contributed by atoms with van der Waals surface area (Å²) in [7, 11) is 0. The number of anilines is 1. The van der Waals surface area contributed by atoms with E-state index in [1.54, 1.807) is 6.20 Å². The Morgan fingerprint density at radius 1 is 1.07 bits per heavy atom. The Hall–Kier alpha value is -2.94. The molecule has 0 saturated heterocycles. The van der Waals surface area contributed by atoms with Crippen molar-refractivity contribution in [2.45, 2.75) is 44.4 Å². The van der Waals surface area contributed by atoms with Crippen LogP contribution in [0.25, 0.3) is 0 Å². The number of hydrogen-bond acceptors (Lipinski definition) is 2. The maximum atomic E-state index is 13.3. The molecule has 0 radical (unpaired) electrons. The maximum Gasteiger partial charge on any atom is 0.231 e. The Labute approximate surface area is 167 Å². The van der Waals surface area contributed by atoms with Gasteiger partial charge in [0.05, 0.1) is 11.9 Å². The van der Waals surface area contributed by atoms with E-state index in [0.717, 1.165) is 30.6 Å². The van der Waals surface area contributed by atoms with Crippen molar-refractivity contribution < 1.29 is 4.79 Å². The highest BCUT2D eigenvalue weighted by Gasteiger charge is 2.24. The van der Waals surface area contributed by atoms with Crippen LogP contribution in [-0.2, 0) is 11.2 Å². The average molecular weight is 370 g/mol. The summed E-state index contributed by atoms with van der Waals surface area (Å²) in [5.41, 5.74) is 4.61. The summed E-state index contributed by atoms with van der Waals surface area (Å²) in [6.07, 6.45) is 13.4. The van der Waals surface area contributed by atoms with E-state index in [2.05, 4.69) is 29.3 Å². The number of allylic oxidation sites excluding steroid dienone is 2. The molecule has 1 amide bonds. The van der Waals surface area contributed by atoms with Crippen LogP contribution in [-0.4, -0.2) is 12.1 Å². The highest BCUT2D eigenvalue weighted by molar-refractivity contribution is 5.97. The third kappa shape index (κ3) is 4.14. The van der Waals surface area contributed by atoms with Gasteiger partial charge in [-0.15, -0.1) is 0 Å². The molecule has 2 aromatic rings. The van der Waals surface area contributed by atoms with Crippen LogP contribution in [0.2, 0.25) is 0 Å². The molecular formula is C25H26N2O. The number of amides is 1. The minimum absolute atomic E-state index is 0.127. The zero-order valence-electron chi connectivity index (χ0n) is 16.1. The summed E-state index contributed by atoms with van der Waals surface area (Å²) in [6.45, 7) is 0. The molecule has 0 N–H and O–H groups in total. The first kappa shape index (κ1) is 18.4. The Kier molecular flexibility index (Phi) is 5.81. The van der Waals surface area contributed by atoms with E-state index in [0.29, 0.717) is 12.3 Å². The molecule has 1 aliphatic carbocycles. The van der Waals surface area contributed by atoms with Crippen molar-refractivity contribution >= 4 is 17.8 Å². The van der Waals surface area contributed by atoms with Crippen LogP contribution in [0, 0.1) is 0 Å². The topological polar surface area (TPSA) is 32.7 Å².